The molecule has 1 atom stereocenters. The van der Waals surface area contributed by atoms with E-state index in [1.54, 1.807) is 0 Å². The van der Waals surface area contributed by atoms with Gasteiger partial charge in [0.25, 0.3) is 0 Å². The van der Waals surface area contributed by atoms with Crippen molar-refractivity contribution >= 4 is 40.6 Å². The Morgan fingerprint density at radius 1 is 1.00 bits per heavy atom. The first-order valence-corrected chi connectivity index (χ1v) is 13.0. The summed E-state index contributed by atoms with van der Waals surface area (Å²) in [7, 11) is 0. The molecule has 3 aromatic carbocycles. The topological polar surface area (TPSA) is 95.9 Å². The standard InChI is InChI=1S/C24H27NO2.ClH2O3P/c1-2-3-9-17-27-24(26)23(18-19-11-5-4-6-12-19)25-22-16-10-14-20-13-7-8-15-21(20)22;1-5(2,3)4/h4-8,10-16,23,25H,2-3,9,17-18H2,1H3;(H2,2,3,4)/t23-;/m0./s1. The van der Waals surface area contributed by atoms with Crippen LogP contribution in [0, 0.1) is 0 Å². The summed E-state index contributed by atoms with van der Waals surface area (Å²) in [6.45, 7) is -1.54. The fraction of sp³-hybridized carbons (Fsp3) is 0.292. The van der Waals surface area contributed by atoms with Gasteiger partial charge in [-0.3, -0.25) is 0 Å². The Bertz CT molecular complexity index is 1010. The Morgan fingerprint density at radius 2 is 1.62 bits per heavy atom. The maximum absolute atomic E-state index is 12.8. The number of carbonyl (C=O) groups excluding carboxylic acids is 1. The molecule has 0 aliphatic carbocycles. The molecule has 3 rings (SSSR count). The minimum atomic E-state index is -4.17. The molecule has 8 heteroatoms. The molecule has 0 aliphatic heterocycles. The first-order chi connectivity index (χ1) is 15.3. The van der Waals surface area contributed by atoms with Gasteiger partial charge in [-0.05, 0) is 23.4 Å². The van der Waals surface area contributed by atoms with Crippen molar-refractivity contribution in [2.75, 3.05) is 11.9 Å². The summed E-state index contributed by atoms with van der Waals surface area (Å²) in [5, 5.41) is 5.70. The number of hydrogen-bond acceptors (Lipinski definition) is 4. The van der Waals surface area contributed by atoms with Gasteiger partial charge >= 0.3 is 12.9 Å². The number of benzene rings is 3. The highest BCUT2D eigenvalue weighted by atomic mass is 35.7. The molecule has 0 saturated carbocycles. The molecule has 0 fully saturated rings. The van der Waals surface area contributed by atoms with E-state index in [-0.39, 0.29) is 5.97 Å². The third-order valence-corrected chi connectivity index (χ3v) is 4.68. The monoisotopic (exact) mass is 477 g/mol. The van der Waals surface area contributed by atoms with Crippen molar-refractivity contribution in [1.82, 2.24) is 0 Å². The maximum Gasteiger partial charge on any atom is 0.419 e. The largest absolute Gasteiger partial charge is 0.464 e. The van der Waals surface area contributed by atoms with Crippen molar-refractivity contribution in [2.45, 2.75) is 38.6 Å². The lowest BCUT2D eigenvalue weighted by Crippen LogP contribution is -2.33. The molecule has 3 N–H and O–H groups in total. The van der Waals surface area contributed by atoms with Crippen LogP contribution in [0.4, 0.5) is 5.69 Å². The zero-order valence-corrected chi connectivity index (χ0v) is 19.6. The van der Waals surface area contributed by atoms with E-state index in [2.05, 4.69) is 41.7 Å². The number of unbranched alkanes of at least 4 members (excludes halogenated alkanes) is 2. The summed E-state index contributed by atoms with van der Waals surface area (Å²) in [6, 6.07) is 24.0. The minimum Gasteiger partial charge on any atom is -0.464 e. The van der Waals surface area contributed by atoms with Crippen molar-refractivity contribution in [3.05, 3.63) is 78.4 Å². The number of esters is 1. The van der Waals surface area contributed by atoms with E-state index in [4.69, 9.17) is 19.1 Å². The van der Waals surface area contributed by atoms with Gasteiger partial charge in [0.15, 0.2) is 0 Å². The molecule has 3 aromatic rings. The highest BCUT2D eigenvalue weighted by Crippen LogP contribution is 2.39. The summed E-state index contributed by atoms with van der Waals surface area (Å²) >= 11 is 4.20. The van der Waals surface area contributed by atoms with Crippen LogP contribution >= 0.6 is 18.2 Å². The molecular weight excluding hydrogens is 449 g/mol. The number of rotatable bonds is 9. The third kappa shape index (κ3) is 9.84. The van der Waals surface area contributed by atoms with Crippen molar-refractivity contribution in [1.29, 1.82) is 0 Å². The van der Waals surface area contributed by atoms with Crippen LogP contribution in [-0.4, -0.2) is 28.4 Å². The fourth-order valence-corrected chi connectivity index (χ4v) is 3.21. The van der Waals surface area contributed by atoms with Crippen LogP contribution in [0.15, 0.2) is 72.8 Å². The zero-order chi connectivity index (χ0) is 23.4. The SMILES string of the molecule is CCCCCOC(=O)[C@H](Cc1ccccc1)Nc1cccc2ccccc12.O=P(O)(O)Cl. The number of nitrogens with one attached hydrogen (secondary N) is 1. The predicted octanol–water partition coefficient (Wildman–Crippen LogP) is 5.91. The Hall–Kier alpha value is -2.37. The Balaban J connectivity index is 0.000000654. The van der Waals surface area contributed by atoms with Crippen molar-refractivity contribution in [2.24, 2.45) is 0 Å². The van der Waals surface area contributed by atoms with Crippen molar-refractivity contribution in [3.63, 3.8) is 0 Å². The molecule has 0 radical (unpaired) electrons. The maximum atomic E-state index is 12.8. The average molecular weight is 478 g/mol. The number of ether oxygens (including phenoxy) is 1. The van der Waals surface area contributed by atoms with E-state index in [1.807, 2.05) is 54.6 Å². The molecule has 0 heterocycles. The molecule has 0 unspecified atom stereocenters. The molecule has 0 spiro atoms. The van der Waals surface area contributed by atoms with E-state index >= 15 is 0 Å². The van der Waals surface area contributed by atoms with Crippen LogP contribution < -0.4 is 5.32 Å². The highest BCUT2D eigenvalue weighted by Gasteiger charge is 2.21. The molecule has 0 amide bonds. The molecule has 172 valence electrons. The van der Waals surface area contributed by atoms with E-state index in [9.17, 15) is 4.79 Å². The number of halogens is 1. The van der Waals surface area contributed by atoms with Gasteiger partial charge in [0.05, 0.1) is 6.61 Å². The summed E-state index contributed by atoms with van der Waals surface area (Å²) in [5.74, 6) is -0.192. The normalized spacial score (nSPS) is 11.9. The molecule has 0 saturated heterocycles. The second-order valence-electron chi connectivity index (χ2n) is 7.26. The lowest BCUT2D eigenvalue weighted by molar-refractivity contribution is -0.144. The lowest BCUT2D eigenvalue weighted by atomic mass is 10.0. The van der Waals surface area contributed by atoms with E-state index in [1.165, 1.54) is 0 Å². The van der Waals surface area contributed by atoms with E-state index in [0.717, 1.165) is 41.3 Å². The number of fused-ring (bicyclic) bond motifs is 1. The van der Waals surface area contributed by atoms with Crippen LogP contribution in [0.1, 0.15) is 31.7 Å². The first kappa shape index (κ1) is 25.9. The minimum absolute atomic E-state index is 0.192. The number of hydrogen-bond donors (Lipinski definition) is 3. The third-order valence-electron chi connectivity index (χ3n) is 4.68. The van der Waals surface area contributed by atoms with Gasteiger partial charge in [-0.1, -0.05) is 86.5 Å². The van der Waals surface area contributed by atoms with Crippen molar-refractivity contribution in [3.8, 4) is 0 Å². The van der Waals surface area contributed by atoms with Crippen LogP contribution in [0.5, 0.6) is 0 Å². The molecule has 0 aliphatic rings. The summed E-state index contributed by atoms with van der Waals surface area (Å²) < 4.78 is 14.7. The second-order valence-corrected chi connectivity index (χ2v) is 9.53. The summed E-state index contributed by atoms with van der Waals surface area (Å²) in [4.78, 5) is 27.6. The second kappa shape index (κ2) is 13.2. The summed E-state index contributed by atoms with van der Waals surface area (Å²) in [5.41, 5.74) is 2.07. The van der Waals surface area contributed by atoms with Gasteiger partial charge in [-0.15, -0.1) is 0 Å². The first-order valence-electron chi connectivity index (χ1n) is 10.5. The Kier molecular flexibility index (Phi) is 10.7. The van der Waals surface area contributed by atoms with Gasteiger partial charge in [0.1, 0.15) is 6.04 Å². The molecule has 32 heavy (non-hydrogen) atoms. The van der Waals surface area contributed by atoms with Gasteiger partial charge in [-0.25, -0.2) is 9.36 Å². The Labute approximate surface area is 193 Å². The lowest BCUT2D eigenvalue weighted by Gasteiger charge is -2.20. The van der Waals surface area contributed by atoms with E-state index < -0.39 is 13.0 Å². The van der Waals surface area contributed by atoms with Crippen LogP contribution in [0.2, 0.25) is 0 Å². The summed E-state index contributed by atoms with van der Waals surface area (Å²) in [6.07, 6.45) is 3.69. The van der Waals surface area contributed by atoms with Gasteiger partial charge in [0, 0.05) is 28.7 Å². The molecule has 6 nitrogen and oxygen atoms in total. The zero-order valence-electron chi connectivity index (χ0n) is 18.0. The fourth-order valence-electron chi connectivity index (χ4n) is 3.21. The molecule has 0 bridgehead atoms. The van der Waals surface area contributed by atoms with Crippen LogP contribution in [-0.2, 0) is 20.5 Å². The number of carbonyl (C=O) groups is 1. The molecule has 0 aromatic heterocycles. The predicted molar refractivity (Wildman–Crippen MR) is 130 cm³/mol. The number of anilines is 1. The molecular formula is C24H29ClNO5P. The van der Waals surface area contributed by atoms with E-state index in [0.29, 0.717) is 13.0 Å². The van der Waals surface area contributed by atoms with Gasteiger partial charge in [-0.2, -0.15) is 0 Å². The average Bonchev–Trinajstić information content (AvgIpc) is 2.76. The Morgan fingerprint density at radius 3 is 2.31 bits per heavy atom. The van der Waals surface area contributed by atoms with Gasteiger partial charge < -0.3 is 19.8 Å². The quantitative estimate of drug-likeness (QED) is 0.201. The van der Waals surface area contributed by atoms with Crippen LogP contribution in [0.3, 0.4) is 0 Å². The smallest absolute Gasteiger partial charge is 0.419 e. The van der Waals surface area contributed by atoms with Crippen molar-refractivity contribution < 1.29 is 23.9 Å². The van der Waals surface area contributed by atoms with Gasteiger partial charge in [0.2, 0.25) is 0 Å². The van der Waals surface area contributed by atoms with Crippen LogP contribution in [0.25, 0.3) is 10.8 Å². The highest BCUT2D eigenvalue weighted by molar-refractivity contribution is 7.79.